The minimum Gasteiger partial charge on any atom is -0.307 e. The quantitative estimate of drug-likeness (QED) is 0.922. The van der Waals surface area contributed by atoms with Crippen LogP contribution in [-0.4, -0.2) is 26.8 Å². The lowest BCUT2D eigenvalue weighted by molar-refractivity contribution is 0.531. The van der Waals surface area contributed by atoms with E-state index in [2.05, 4.69) is 50.6 Å². The fraction of sp³-hybridized carbons (Fsp3) is 0.417. The number of nitrogens with zero attached hydrogens (tertiary/aromatic N) is 4. The summed E-state index contributed by atoms with van der Waals surface area (Å²) in [7, 11) is 0. The topological polar surface area (TPSA) is 55.6 Å². The van der Waals surface area contributed by atoms with E-state index in [1.807, 2.05) is 24.3 Å². The summed E-state index contributed by atoms with van der Waals surface area (Å²) in [6.07, 6.45) is 1.09. The van der Waals surface area contributed by atoms with Crippen LogP contribution in [0.2, 0.25) is 0 Å². The smallest absolute Gasteiger partial charge is 0.173 e. The van der Waals surface area contributed by atoms with E-state index in [0.29, 0.717) is 0 Å². The highest BCUT2D eigenvalue weighted by molar-refractivity contribution is 9.10. The summed E-state index contributed by atoms with van der Waals surface area (Å²) in [5.74, 6) is 0.825. The molecule has 0 aliphatic heterocycles. The highest BCUT2D eigenvalue weighted by atomic mass is 79.9. The number of halogens is 1. The van der Waals surface area contributed by atoms with Crippen LogP contribution in [-0.2, 0) is 0 Å². The molecule has 6 heteroatoms. The first-order valence-electron chi connectivity index (χ1n) is 6.00. The summed E-state index contributed by atoms with van der Waals surface area (Å²) in [6, 6.07) is 8.05. The van der Waals surface area contributed by atoms with Gasteiger partial charge >= 0.3 is 0 Å². The van der Waals surface area contributed by atoms with E-state index in [1.165, 1.54) is 0 Å². The van der Waals surface area contributed by atoms with Crippen molar-refractivity contribution >= 4 is 15.9 Å². The predicted molar refractivity (Wildman–Crippen MR) is 73.6 cm³/mol. The Labute approximate surface area is 115 Å². The predicted octanol–water partition coefficient (Wildman–Crippen LogP) is 2.49. The van der Waals surface area contributed by atoms with E-state index >= 15 is 0 Å². The molecule has 1 aromatic heterocycles. The van der Waals surface area contributed by atoms with Crippen LogP contribution in [0.15, 0.2) is 28.7 Å². The molecule has 0 saturated heterocycles. The van der Waals surface area contributed by atoms with Gasteiger partial charge in [0.15, 0.2) is 5.82 Å². The molecule has 0 radical (unpaired) electrons. The van der Waals surface area contributed by atoms with Gasteiger partial charge in [-0.05, 0) is 54.6 Å². The van der Waals surface area contributed by atoms with E-state index in [9.17, 15) is 0 Å². The second-order valence-electron chi connectivity index (χ2n) is 4.10. The molecule has 1 aromatic carbocycles. The Balaban J connectivity index is 2.24. The van der Waals surface area contributed by atoms with Crippen molar-refractivity contribution < 1.29 is 0 Å². The molecule has 0 aliphatic rings. The summed E-state index contributed by atoms with van der Waals surface area (Å²) in [5, 5.41) is 15.3. The fourth-order valence-electron chi connectivity index (χ4n) is 1.68. The molecule has 1 heterocycles. The highest BCUT2D eigenvalue weighted by Gasteiger charge is 2.14. The number of benzene rings is 1. The lowest BCUT2D eigenvalue weighted by Gasteiger charge is -2.12. The Morgan fingerprint density at radius 3 is 2.72 bits per heavy atom. The Morgan fingerprint density at radius 1 is 1.33 bits per heavy atom. The molecule has 0 fully saturated rings. The Hall–Kier alpha value is -1.27. The zero-order valence-corrected chi connectivity index (χ0v) is 12.1. The molecule has 0 spiro atoms. The minimum absolute atomic E-state index is 0.128. The Bertz CT molecular complexity index is 493. The van der Waals surface area contributed by atoms with Crippen LogP contribution in [0.25, 0.3) is 5.69 Å². The first-order valence-corrected chi connectivity index (χ1v) is 6.79. The zero-order chi connectivity index (χ0) is 13.0. The lowest BCUT2D eigenvalue weighted by atomic mass is 10.2. The summed E-state index contributed by atoms with van der Waals surface area (Å²) in [4.78, 5) is 0. The zero-order valence-electron chi connectivity index (χ0n) is 10.5. The maximum atomic E-state index is 4.10. The first kappa shape index (κ1) is 13.2. The third kappa shape index (κ3) is 2.94. The van der Waals surface area contributed by atoms with Crippen LogP contribution in [0.4, 0.5) is 0 Å². The van der Waals surface area contributed by atoms with Crippen molar-refractivity contribution in [3.8, 4) is 5.69 Å². The number of aromatic nitrogens is 4. The number of nitrogens with one attached hydrogen (secondary N) is 1. The third-order valence-corrected chi connectivity index (χ3v) is 3.18. The van der Waals surface area contributed by atoms with Crippen LogP contribution >= 0.6 is 15.9 Å². The molecular formula is C12H16BrN5. The highest BCUT2D eigenvalue weighted by Crippen LogP contribution is 2.16. The summed E-state index contributed by atoms with van der Waals surface area (Å²) in [5.41, 5.74) is 0.961. The minimum atomic E-state index is 0.128. The third-order valence-electron chi connectivity index (χ3n) is 2.65. The summed E-state index contributed by atoms with van der Waals surface area (Å²) >= 11 is 3.42. The Morgan fingerprint density at radius 2 is 2.06 bits per heavy atom. The molecule has 1 unspecified atom stereocenters. The van der Waals surface area contributed by atoms with E-state index in [0.717, 1.165) is 29.0 Å². The van der Waals surface area contributed by atoms with Gasteiger partial charge in [0, 0.05) is 4.47 Å². The van der Waals surface area contributed by atoms with Gasteiger partial charge in [-0.1, -0.05) is 22.9 Å². The fourth-order valence-corrected chi connectivity index (χ4v) is 1.95. The molecule has 5 nitrogen and oxygen atoms in total. The van der Waals surface area contributed by atoms with Crippen LogP contribution in [0, 0.1) is 0 Å². The van der Waals surface area contributed by atoms with Crippen molar-refractivity contribution in [2.45, 2.75) is 26.3 Å². The van der Waals surface area contributed by atoms with Gasteiger partial charge in [0.2, 0.25) is 0 Å². The number of hydrogen-bond donors (Lipinski definition) is 1. The van der Waals surface area contributed by atoms with Crippen molar-refractivity contribution in [1.82, 2.24) is 25.5 Å². The van der Waals surface area contributed by atoms with Gasteiger partial charge < -0.3 is 5.32 Å². The number of hydrogen-bond acceptors (Lipinski definition) is 4. The van der Waals surface area contributed by atoms with E-state index < -0.39 is 0 Å². The average Bonchev–Trinajstić information content (AvgIpc) is 2.86. The molecular weight excluding hydrogens is 294 g/mol. The molecule has 0 amide bonds. The van der Waals surface area contributed by atoms with Gasteiger partial charge in [-0.3, -0.25) is 0 Å². The van der Waals surface area contributed by atoms with Crippen LogP contribution in [0.3, 0.4) is 0 Å². The van der Waals surface area contributed by atoms with E-state index in [1.54, 1.807) is 4.68 Å². The first-order chi connectivity index (χ1) is 8.72. The molecule has 96 valence electrons. The molecule has 0 bridgehead atoms. The Kier molecular flexibility index (Phi) is 4.43. The number of rotatable bonds is 5. The van der Waals surface area contributed by atoms with Gasteiger partial charge in [0.1, 0.15) is 0 Å². The molecule has 0 saturated carbocycles. The molecule has 2 aromatic rings. The maximum Gasteiger partial charge on any atom is 0.173 e. The van der Waals surface area contributed by atoms with Crippen LogP contribution < -0.4 is 5.32 Å². The molecule has 18 heavy (non-hydrogen) atoms. The molecule has 1 N–H and O–H groups in total. The van der Waals surface area contributed by atoms with Gasteiger partial charge in [-0.15, -0.1) is 5.10 Å². The SMILES string of the molecule is CCCNC(C)c1nnnn1-c1ccc(Br)cc1. The van der Waals surface area contributed by atoms with Crippen molar-refractivity contribution in [3.05, 3.63) is 34.6 Å². The van der Waals surface area contributed by atoms with Crippen molar-refractivity contribution in [2.75, 3.05) is 6.54 Å². The van der Waals surface area contributed by atoms with Crippen molar-refractivity contribution in [1.29, 1.82) is 0 Å². The van der Waals surface area contributed by atoms with E-state index in [4.69, 9.17) is 0 Å². The number of tetrazole rings is 1. The standard InChI is InChI=1S/C12H16BrN5/c1-3-8-14-9(2)12-15-16-17-18(12)11-6-4-10(13)5-7-11/h4-7,9,14H,3,8H2,1-2H3. The largest absolute Gasteiger partial charge is 0.307 e. The van der Waals surface area contributed by atoms with Crippen LogP contribution in [0.1, 0.15) is 32.1 Å². The molecule has 2 rings (SSSR count). The second-order valence-corrected chi connectivity index (χ2v) is 5.02. The normalized spacial score (nSPS) is 12.6. The van der Waals surface area contributed by atoms with Gasteiger partial charge in [0.25, 0.3) is 0 Å². The van der Waals surface area contributed by atoms with Crippen molar-refractivity contribution in [3.63, 3.8) is 0 Å². The van der Waals surface area contributed by atoms with Gasteiger partial charge in [-0.25, -0.2) is 0 Å². The average molecular weight is 310 g/mol. The van der Waals surface area contributed by atoms with Crippen molar-refractivity contribution in [2.24, 2.45) is 0 Å². The monoisotopic (exact) mass is 309 g/mol. The lowest BCUT2D eigenvalue weighted by Crippen LogP contribution is -2.22. The molecule has 1 atom stereocenters. The van der Waals surface area contributed by atoms with Gasteiger partial charge in [0.05, 0.1) is 11.7 Å². The summed E-state index contributed by atoms with van der Waals surface area (Å²) in [6.45, 7) is 5.16. The molecule has 0 aliphatic carbocycles. The summed E-state index contributed by atoms with van der Waals surface area (Å²) < 4.78 is 2.80. The van der Waals surface area contributed by atoms with Crippen LogP contribution in [0.5, 0.6) is 0 Å². The second kappa shape index (κ2) is 6.06. The maximum absolute atomic E-state index is 4.10. The van der Waals surface area contributed by atoms with E-state index in [-0.39, 0.29) is 6.04 Å². The van der Waals surface area contributed by atoms with Gasteiger partial charge in [-0.2, -0.15) is 4.68 Å².